The van der Waals surface area contributed by atoms with Crippen LogP contribution in [0, 0.1) is 11.6 Å². The van der Waals surface area contributed by atoms with Gasteiger partial charge in [-0.15, -0.1) is 0 Å². The van der Waals surface area contributed by atoms with Gasteiger partial charge in [0.25, 0.3) is 0 Å². The van der Waals surface area contributed by atoms with Crippen LogP contribution < -0.4 is 10.6 Å². The van der Waals surface area contributed by atoms with E-state index in [-0.39, 0.29) is 24.3 Å². The van der Waals surface area contributed by atoms with Crippen molar-refractivity contribution in [1.29, 1.82) is 0 Å². The van der Waals surface area contributed by atoms with Gasteiger partial charge in [0, 0.05) is 5.69 Å². The summed E-state index contributed by atoms with van der Waals surface area (Å²) in [6.45, 7) is 3.40. The van der Waals surface area contributed by atoms with Gasteiger partial charge in [0.2, 0.25) is 11.8 Å². The Morgan fingerprint density at radius 2 is 1.92 bits per heavy atom. The number of fused-ring (bicyclic) bond motifs is 1. The summed E-state index contributed by atoms with van der Waals surface area (Å²) in [6.07, 6.45) is 2.39. The molecule has 134 valence electrons. The van der Waals surface area contributed by atoms with E-state index >= 15 is 0 Å². The van der Waals surface area contributed by atoms with Gasteiger partial charge < -0.3 is 10.6 Å². The lowest BCUT2D eigenvalue weighted by Crippen LogP contribution is -2.29. The Hall–Kier alpha value is -3.02. The molecule has 0 bridgehead atoms. The number of benzene rings is 2. The summed E-state index contributed by atoms with van der Waals surface area (Å²) >= 11 is 0. The number of carbonyl (C=O) groups is 2. The molecule has 1 aliphatic carbocycles. The number of hydrogen-bond donors (Lipinski definition) is 2. The highest BCUT2D eigenvalue weighted by molar-refractivity contribution is 5.99. The molecule has 0 aliphatic heterocycles. The van der Waals surface area contributed by atoms with Crippen LogP contribution in [-0.2, 0) is 22.4 Å². The monoisotopic (exact) mass is 356 g/mol. The highest BCUT2D eigenvalue weighted by Gasteiger charge is 2.26. The molecule has 0 heterocycles. The molecular formula is C20H18F2N2O2. The average molecular weight is 356 g/mol. The zero-order valence-electron chi connectivity index (χ0n) is 14.0. The van der Waals surface area contributed by atoms with Crippen molar-refractivity contribution >= 4 is 17.5 Å². The molecule has 26 heavy (non-hydrogen) atoms. The quantitative estimate of drug-likeness (QED) is 0.807. The minimum atomic E-state index is -0.914. The standard InChI is InChI=1S/C20H18F2N2O2/c1-2-19(25)23-17-6-4-3-5-13(17)10-20(26)24-18-8-7-12-9-15(21)16(22)11-14(12)18/h2-6,9,11,18H,1,7-8,10H2,(H,23,25)(H,24,26). The van der Waals surface area contributed by atoms with Crippen molar-refractivity contribution in [1.82, 2.24) is 5.32 Å². The maximum atomic E-state index is 13.5. The Bertz CT molecular complexity index is 880. The molecule has 0 fully saturated rings. The molecule has 2 N–H and O–H groups in total. The van der Waals surface area contributed by atoms with Crippen molar-refractivity contribution in [2.45, 2.75) is 25.3 Å². The fourth-order valence-corrected chi connectivity index (χ4v) is 3.15. The molecular weight excluding hydrogens is 338 g/mol. The van der Waals surface area contributed by atoms with Gasteiger partial charge in [0.05, 0.1) is 12.5 Å². The van der Waals surface area contributed by atoms with E-state index in [1.165, 1.54) is 6.07 Å². The number of amides is 2. The van der Waals surface area contributed by atoms with Crippen molar-refractivity contribution in [2.24, 2.45) is 0 Å². The first-order chi connectivity index (χ1) is 12.5. The van der Waals surface area contributed by atoms with Gasteiger partial charge in [-0.1, -0.05) is 24.8 Å². The zero-order valence-corrected chi connectivity index (χ0v) is 14.0. The van der Waals surface area contributed by atoms with Crippen LogP contribution in [0.15, 0.2) is 49.1 Å². The van der Waals surface area contributed by atoms with Gasteiger partial charge in [0.15, 0.2) is 11.6 Å². The van der Waals surface area contributed by atoms with Crippen LogP contribution in [0.5, 0.6) is 0 Å². The molecule has 0 saturated heterocycles. The zero-order chi connectivity index (χ0) is 18.7. The minimum Gasteiger partial charge on any atom is -0.349 e. The highest BCUT2D eigenvalue weighted by Crippen LogP contribution is 2.32. The topological polar surface area (TPSA) is 58.2 Å². The Balaban J connectivity index is 1.71. The normalized spacial score (nSPS) is 15.2. The molecule has 0 radical (unpaired) electrons. The molecule has 1 unspecified atom stereocenters. The number of carbonyl (C=O) groups excluding carboxylic acids is 2. The molecule has 2 amide bonds. The number of rotatable bonds is 5. The Morgan fingerprint density at radius 3 is 2.69 bits per heavy atom. The van der Waals surface area contributed by atoms with Crippen LogP contribution in [0.1, 0.15) is 29.2 Å². The smallest absolute Gasteiger partial charge is 0.247 e. The van der Waals surface area contributed by atoms with E-state index in [2.05, 4.69) is 17.2 Å². The number of para-hydroxylation sites is 1. The first kappa shape index (κ1) is 17.8. The summed E-state index contributed by atoms with van der Waals surface area (Å²) in [5.74, 6) is -2.40. The van der Waals surface area contributed by atoms with E-state index in [1.54, 1.807) is 24.3 Å². The van der Waals surface area contributed by atoms with E-state index in [4.69, 9.17) is 0 Å². The van der Waals surface area contributed by atoms with Crippen LogP contribution in [-0.4, -0.2) is 11.8 Å². The van der Waals surface area contributed by atoms with Crippen molar-refractivity contribution in [3.8, 4) is 0 Å². The number of aryl methyl sites for hydroxylation is 1. The lowest BCUT2D eigenvalue weighted by molar-refractivity contribution is -0.121. The lowest BCUT2D eigenvalue weighted by atomic mass is 10.1. The maximum absolute atomic E-state index is 13.5. The van der Waals surface area contributed by atoms with Crippen LogP contribution >= 0.6 is 0 Å². The molecule has 2 aromatic carbocycles. The molecule has 6 heteroatoms. The highest BCUT2D eigenvalue weighted by atomic mass is 19.2. The molecule has 1 aliphatic rings. The second-order valence-corrected chi connectivity index (χ2v) is 6.15. The summed E-state index contributed by atoms with van der Waals surface area (Å²) in [4.78, 5) is 23.9. The average Bonchev–Trinajstić information content (AvgIpc) is 2.98. The van der Waals surface area contributed by atoms with E-state index in [0.29, 0.717) is 35.2 Å². The van der Waals surface area contributed by atoms with Gasteiger partial charge in [-0.25, -0.2) is 8.78 Å². The van der Waals surface area contributed by atoms with Crippen LogP contribution in [0.2, 0.25) is 0 Å². The molecule has 0 spiro atoms. The van der Waals surface area contributed by atoms with Crippen LogP contribution in [0.4, 0.5) is 14.5 Å². The van der Waals surface area contributed by atoms with Gasteiger partial charge >= 0.3 is 0 Å². The molecule has 1 atom stereocenters. The minimum absolute atomic E-state index is 0.0586. The van der Waals surface area contributed by atoms with Crippen molar-refractivity contribution in [2.75, 3.05) is 5.32 Å². The third-order valence-corrected chi connectivity index (χ3v) is 4.41. The third kappa shape index (κ3) is 3.79. The molecule has 0 saturated carbocycles. The molecule has 2 aromatic rings. The van der Waals surface area contributed by atoms with Crippen molar-refractivity contribution < 1.29 is 18.4 Å². The van der Waals surface area contributed by atoms with E-state index < -0.39 is 11.6 Å². The number of nitrogens with one attached hydrogen (secondary N) is 2. The lowest BCUT2D eigenvalue weighted by Gasteiger charge is -2.15. The second-order valence-electron chi connectivity index (χ2n) is 6.15. The van der Waals surface area contributed by atoms with Gasteiger partial charge in [-0.05, 0) is 53.8 Å². The summed E-state index contributed by atoms with van der Waals surface area (Å²) in [6, 6.07) is 8.98. The fourth-order valence-electron chi connectivity index (χ4n) is 3.15. The fraction of sp³-hybridized carbons (Fsp3) is 0.200. The third-order valence-electron chi connectivity index (χ3n) is 4.41. The van der Waals surface area contributed by atoms with Gasteiger partial charge in [-0.3, -0.25) is 9.59 Å². The van der Waals surface area contributed by atoms with E-state index in [0.717, 1.165) is 12.1 Å². The predicted octanol–water partition coefficient (Wildman–Crippen LogP) is 3.44. The maximum Gasteiger partial charge on any atom is 0.247 e. The predicted molar refractivity (Wildman–Crippen MR) is 94.5 cm³/mol. The van der Waals surface area contributed by atoms with Gasteiger partial charge in [0.1, 0.15) is 0 Å². The SMILES string of the molecule is C=CC(=O)Nc1ccccc1CC(=O)NC1CCc2cc(F)c(F)cc21. The van der Waals surface area contributed by atoms with E-state index in [1.807, 2.05) is 0 Å². The second kappa shape index (κ2) is 7.47. The van der Waals surface area contributed by atoms with E-state index in [9.17, 15) is 18.4 Å². The molecule has 0 aromatic heterocycles. The summed E-state index contributed by atoms with van der Waals surface area (Å²) in [7, 11) is 0. The summed E-state index contributed by atoms with van der Waals surface area (Å²) < 4.78 is 26.8. The van der Waals surface area contributed by atoms with Gasteiger partial charge in [-0.2, -0.15) is 0 Å². The Kier molecular flexibility index (Phi) is 5.11. The summed E-state index contributed by atoms with van der Waals surface area (Å²) in [5, 5.41) is 5.52. The van der Waals surface area contributed by atoms with Crippen molar-refractivity contribution in [3.63, 3.8) is 0 Å². The largest absolute Gasteiger partial charge is 0.349 e. The van der Waals surface area contributed by atoms with Crippen LogP contribution in [0.25, 0.3) is 0 Å². The summed E-state index contributed by atoms with van der Waals surface area (Å²) in [5.41, 5.74) is 2.52. The first-order valence-electron chi connectivity index (χ1n) is 8.26. The van der Waals surface area contributed by atoms with Crippen molar-refractivity contribution in [3.05, 3.63) is 77.4 Å². The Labute approximate surface area is 149 Å². The number of halogens is 2. The first-order valence-corrected chi connectivity index (χ1v) is 8.26. The number of hydrogen-bond acceptors (Lipinski definition) is 2. The molecule has 3 rings (SSSR count). The van der Waals surface area contributed by atoms with Crippen LogP contribution in [0.3, 0.4) is 0 Å². The molecule has 4 nitrogen and oxygen atoms in total. The number of anilines is 1. The Morgan fingerprint density at radius 1 is 1.19 bits per heavy atom.